The summed E-state index contributed by atoms with van der Waals surface area (Å²) in [5.74, 6) is -0.272. The number of anilines is 2. The largest absolute Gasteiger partial charge is 0.343 e. The minimum absolute atomic E-state index is 0.272. The van der Waals surface area contributed by atoms with Gasteiger partial charge in [0.15, 0.2) is 10.8 Å². The molecule has 0 saturated carbocycles. The summed E-state index contributed by atoms with van der Waals surface area (Å²) in [6.45, 7) is 3.59. The molecule has 0 radical (unpaired) electrons. The first-order valence-corrected chi connectivity index (χ1v) is 10.2. The van der Waals surface area contributed by atoms with E-state index in [4.69, 9.17) is 11.6 Å². The number of nitrogens with one attached hydrogen (secondary N) is 1. The van der Waals surface area contributed by atoms with Gasteiger partial charge in [0.2, 0.25) is 0 Å². The molecule has 0 bridgehead atoms. The van der Waals surface area contributed by atoms with Crippen LogP contribution in [0.25, 0.3) is 5.57 Å². The Hall–Kier alpha value is -2.64. The molecule has 3 aromatic rings. The lowest BCUT2D eigenvalue weighted by Gasteiger charge is -2.26. The Labute approximate surface area is 172 Å². The number of halogens is 1. The summed E-state index contributed by atoms with van der Waals surface area (Å²) in [6, 6.07) is 7.36. The van der Waals surface area contributed by atoms with Crippen molar-refractivity contribution in [2.75, 3.05) is 23.3 Å². The number of benzene rings is 1. The Morgan fingerprint density at radius 1 is 1.36 bits per heavy atom. The SMILES string of the molecule is Cc1cccc(Cl)c1NC(=O)c1cc(C2=CCCN(c3nccs3)C2)n(C)n1. The number of para-hydroxylation sites is 1. The van der Waals surface area contributed by atoms with Crippen LogP contribution in [0.2, 0.25) is 5.02 Å². The average molecular weight is 414 g/mol. The molecule has 0 atom stereocenters. The van der Waals surface area contributed by atoms with Gasteiger partial charge in [0.1, 0.15) is 0 Å². The van der Waals surface area contributed by atoms with Crippen molar-refractivity contribution in [2.24, 2.45) is 7.05 Å². The van der Waals surface area contributed by atoms with Crippen LogP contribution in [0.3, 0.4) is 0 Å². The van der Waals surface area contributed by atoms with Crippen LogP contribution in [0.4, 0.5) is 10.8 Å². The van der Waals surface area contributed by atoms with E-state index in [-0.39, 0.29) is 5.91 Å². The van der Waals surface area contributed by atoms with E-state index in [0.717, 1.165) is 41.5 Å². The number of hydrogen-bond donors (Lipinski definition) is 1. The highest BCUT2D eigenvalue weighted by Crippen LogP contribution is 2.28. The van der Waals surface area contributed by atoms with Gasteiger partial charge in [0.05, 0.1) is 16.4 Å². The molecule has 3 heterocycles. The van der Waals surface area contributed by atoms with E-state index >= 15 is 0 Å². The summed E-state index contributed by atoms with van der Waals surface area (Å²) in [7, 11) is 1.86. The third-order valence-corrected chi connectivity index (χ3v) is 5.89. The average Bonchev–Trinajstić information content (AvgIpc) is 3.35. The van der Waals surface area contributed by atoms with Crippen molar-refractivity contribution in [1.29, 1.82) is 0 Å². The summed E-state index contributed by atoms with van der Waals surface area (Å²) in [5, 5.41) is 10.8. The molecule has 2 aromatic heterocycles. The molecular formula is C20H20ClN5OS. The van der Waals surface area contributed by atoms with Gasteiger partial charge in [0.25, 0.3) is 5.91 Å². The zero-order chi connectivity index (χ0) is 19.7. The summed E-state index contributed by atoms with van der Waals surface area (Å²) in [5.41, 5.74) is 3.97. The molecule has 0 aliphatic carbocycles. The van der Waals surface area contributed by atoms with Crippen molar-refractivity contribution in [3.05, 3.63) is 63.9 Å². The number of aromatic nitrogens is 3. The monoisotopic (exact) mass is 413 g/mol. The van der Waals surface area contributed by atoms with E-state index in [0.29, 0.717) is 16.4 Å². The van der Waals surface area contributed by atoms with Gasteiger partial charge < -0.3 is 10.2 Å². The second-order valence-electron chi connectivity index (χ2n) is 6.68. The van der Waals surface area contributed by atoms with Crippen molar-refractivity contribution in [2.45, 2.75) is 13.3 Å². The number of rotatable bonds is 4. The fraction of sp³-hybridized carbons (Fsp3) is 0.250. The lowest BCUT2D eigenvalue weighted by Crippen LogP contribution is -2.29. The molecule has 0 fully saturated rings. The predicted octanol–water partition coefficient (Wildman–Crippen LogP) is 4.38. The molecule has 1 N–H and O–H groups in total. The number of aryl methyl sites for hydroxylation is 2. The Morgan fingerprint density at radius 3 is 2.96 bits per heavy atom. The molecule has 8 heteroatoms. The fourth-order valence-corrected chi connectivity index (χ4v) is 4.25. The molecule has 1 aliphatic heterocycles. The lowest BCUT2D eigenvalue weighted by molar-refractivity contribution is 0.102. The number of nitrogens with zero attached hydrogens (tertiary/aromatic N) is 4. The van der Waals surface area contributed by atoms with Gasteiger partial charge in [-0.2, -0.15) is 5.10 Å². The third kappa shape index (κ3) is 3.68. The number of amides is 1. The minimum atomic E-state index is -0.272. The van der Waals surface area contributed by atoms with Gasteiger partial charge in [-0.25, -0.2) is 4.98 Å². The normalized spacial score (nSPS) is 14.1. The van der Waals surface area contributed by atoms with Gasteiger partial charge in [-0.3, -0.25) is 9.48 Å². The number of carbonyl (C=O) groups excluding carboxylic acids is 1. The van der Waals surface area contributed by atoms with Gasteiger partial charge in [0, 0.05) is 31.7 Å². The van der Waals surface area contributed by atoms with Crippen LogP contribution in [0.15, 0.2) is 41.9 Å². The quantitative estimate of drug-likeness (QED) is 0.689. The molecule has 6 nitrogen and oxygen atoms in total. The van der Waals surface area contributed by atoms with Crippen LogP contribution in [0.5, 0.6) is 0 Å². The summed E-state index contributed by atoms with van der Waals surface area (Å²) >= 11 is 7.86. The third-order valence-electron chi connectivity index (χ3n) is 4.74. The molecule has 0 saturated heterocycles. The summed E-state index contributed by atoms with van der Waals surface area (Å²) < 4.78 is 1.76. The molecule has 1 aliphatic rings. The molecular weight excluding hydrogens is 394 g/mol. The van der Waals surface area contributed by atoms with E-state index in [1.165, 1.54) is 0 Å². The van der Waals surface area contributed by atoms with E-state index in [9.17, 15) is 4.79 Å². The maximum atomic E-state index is 12.7. The lowest BCUT2D eigenvalue weighted by atomic mass is 10.1. The number of thiazole rings is 1. The van der Waals surface area contributed by atoms with Crippen LogP contribution in [-0.4, -0.2) is 33.8 Å². The van der Waals surface area contributed by atoms with Crippen LogP contribution in [-0.2, 0) is 7.05 Å². The number of hydrogen-bond acceptors (Lipinski definition) is 5. The van der Waals surface area contributed by atoms with Gasteiger partial charge >= 0.3 is 0 Å². The second-order valence-corrected chi connectivity index (χ2v) is 7.96. The highest BCUT2D eigenvalue weighted by molar-refractivity contribution is 7.13. The van der Waals surface area contributed by atoms with Crippen molar-refractivity contribution in [3.8, 4) is 0 Å². The molecule has 1 aromatic carbocycles. The first kappa shape index (κ1) is 18.7. The first-order valence-electron chi connectivity index (χ1n) is 8.97. The van der Waals surface area contributed by atoms with Crippen molar-refractivity contribution in [1.82, 2.24) is 14.8 Å². The first-order chi connectivity index (χ1) is 13.5. The predicted molar refractivity (Wildman–Crippen MR) is 114 cm³/mol. The molecule has 144 valence electrons. The maximum absolute atomic E-state index is 12.7. The van der Waals surface area contributed by atoms with Crippen LogP contribution < -0.4 is 10.2 Å². The van der Waals surface area contributed by atoms with Crippen molar-refractivity contribution >= 4 is 45.2 Å². The Morgan fingerprint density at radius 2 is 2.21 bits per heavy atom. The second kappa shape index (κ2) is 7.77. The van der Waals surface area contributed by atoms with Crippen LogP contribution in [0, 0.1) is 6.92 Å². The van der Waals surface area contributed by atoms with E-state index < -0.39 is 0 Å². The molecule has 28 heavy (non-hydrogen) atoms. The highest BCUT2D eigenvalue weighted by atomic mass is 35.5. The smallest absolute Gasteiger partial charge is 0.276 e. The Kier molecular flexibility index (Phi) is 5.19. The van der Waals surface area contributed by atoms with Crippen LogP contribution in [0.1, 0.15) is 28.2 Å². The Bertz CT molecular complexity index is 1020. The summed E-state index contributed by atoms with van der Waals surface area (Å²) in [6.07, 6.45) is 4.96. The standard InChI is InChI=1S/C20H20ClN5OS/c1-13-5-3-7-15(21)18(13)23-19(27)16-11-17(25(2)24-16)14-6-4-9-26(12-14)20-22-8-10-28-20/h3,5-8,10-11H,4,9,12H2,1-2H3,(H,23,27). The van der Waals surface area contributed by atoms with E-state index in [2.05, 4.69) is 26.4 Å². The summed E-state index contributed by atoms with van der Waals surface area (Å²) in [4.78, 5) is 19.4. The number of carbonyl (C=O) groups is 1. The van der Waals surface area contributed by atoms with Crippen molar-refractivity contribution < 1.29 is 4.79 Å². The molecule has 1 amide bonds. The fourth-order valence-electron chi connectivity index (χ4n) is 3.31. The molecule has 4 rings (SSSR count). The van der Waals surface area contributed by atoms with Gasteiger partial charge in [-0.05, 0) is 36.6 Å². The highest BCUT2D eigenvalue weighted by Gasteiger charge is 2.21. The van der Waals surface area contributed by atoms with Gasteiger partial charge in [-0.15, -0.1) is 11.3 Å². The maximum Gasteiger partial charge on any atom is 0.276 e. The molecule has 0 spiro atoms. The zero-order valence-corrected chi connectivity index (χ0v) is 17.2. The van der Waals surface area contributed by atoms with Crippen molar-refractivity contribution in [3.63, 3.8) is 0 Å². The van der Waals surface area contributed by atoms with E-state index in [1.807, 2.05) is 43.7 Å². The van der Waals surface area contributed by atoms with Crippen LogP contribution >= 0.6 is 22.9 Å². The molecule has 0 unspecified atom stereocenters. The van der Waals surface area contributed by atoms with E-state index in [1.54, 1.807) is 22.1 Å². The minimum Gasteiger partial charge on any atom is -0.343 e. The zero-order valence-electron chi connectivity index (χ0n) is 15.6. The topological polar surface area (TPSA) is 63.1 Å². The Balaban J connectivity index is 1.55. The van der Waals surface area contributed by atoms with Gasteiger partial charge in [-0.1, -0.05) is 29.8 Å².